The lowest BCUT2D eigenvalue weighted by Crippen LogP contribution is -1.99. The Morgan fingerprint density at radius 3 is 2.62 bits per heavy atom. The predicted octanol–water partition coefficient (Wildman–Crippen LogP) is 2.94. The Morgan fingerprint density at radius 2 is 2.15 bits per heavy atom. The number of hydrogen-bond donors (Lipinski definition) is 0. The summed E-state index contributed by atoms with van der Waals surface area (Å²) in [7, 11) is 2.86. The van der Waals surface area contributed by atoms with E-state index in [1.807, 2.05) is 0 Å². The lowest BCUT2D eigenvalue weighted by atomic mass is 10.4. The molecule has 1 aromatic heterocycles. The quantitative estimate of drug-likeness (QED) is 0.773. The Morgan fingerprint density at radius 1 is 1.54 bits per heavy atom. The highest BCUT2D eigenvalue weighted by molar-refractivity contribution is 9.11. The second kappa shape index (κ2) is 5.24. The number of rotatable bonds is 2. The zero-order valence-electron chi connectivity index (χ0n) is 6.59. The molecule has 0 spiro atoms. The summed E-state index contributed by atoms with van der Waals surface area (Å²) in [6.45, 7) is 0. The van der Waals surface area contributed by atoms with E-state index < -0.39 is 0 Å². The van der Waals surface area contributed by atoms with Crippen LogP contribution in [0.25, 0.3) is 0 Å². The van der Waals surface area contributed by atoms with Crippen LogP contribution < -0.4 is 4.74 Å². The third-order valence-electron chi connectivity index (χ3n) is 1.26. The highest BCUT2D eigenvalue weighted by Crippen LogP contribution is 2.33. The molecule has 1 aromatic rings. The standard InChI is InChI=1S/C7H7BrO3S.CH4/c1-10-4-3-5(8)12-6(4)7(9)11-2;/h3H,1-2H3;1H4. The highest BCUT2D eigenvalue weighted by atomic mass is 79.9. The molecule has 5 heteroatoms. The van der Waals surface area contributed by atoms with E-state index in [0.29, 0.717) is 10.6 Å². The summed E-state index contributed by atoms with van der Waals surface area (Å²) < 4.78 is 10.4. The van der Waals surface area contributed by atoms with Crippen LogP contribution in [0.4, 0.5) is 0 Å². The summed E-state index contributed by atoms with van der Waals surface area (Å²) >= 11 is 4.54. The van der Waals surface area contributed by atoms with E-state index in [9.17, 15) is 4.79 Å². The van der Waals surface area contributed by atoms with Crippen molar-refractivity contribution in [3.05, 3.63) is 14.7 Å². The van der Waals surface area contributed by atoms with Gasteiger partial charge < -0.3 is 9.47 Å². The van der Waals surface area contributed by atoms with Crippen molar-refractivity contribution >= 4 is 33.2 Å². The number of esters is 1. The Hall–Kier alpha value is -0.550. The molecule has 0 aliphatic rings. The van der Waals surface area contributed by atoms with Gasteiger partial charge in [0.25, 0.3) is 0 Å². The van der Waals surface area contributed by atoms with Gasteiger partial charge in [-0.2, -0.15) is 0 Å². The first-order valence-corrected chi connectivity index (χ1v) is 4.71. The van der Waals surface area contributed by atoms with Crippen LogP contribution in [0.1, 0.15) is 17.1 Å². The second-order valence-electron chi connectivity index (χ2n) is 1.94. The molecule has 0 radical (unpaired) electrons. The molecule has 0 aliphatic carbocycles. The number of hydrogen-bond acceptors (Lipinski definition) is 4. The first kappa shape index (κ1) is 12.4. The SMILES string of the molecule is C.COC(=O)c1sc(Br)cc1OC. The van der Waals surface area contributed by atoms with Gasteiger partial charge in [0.1, 0.15) is 5.75 Å². The van der Waals surface area contributed by atoms with E-state index in [4.69, 9.17) is 4.74 Å². The largest absolute Gasteiger partial charge is 0.495 e. The minimum absolute atomic E-state index is 0. The molecule has 0 bridgehead atoms. The van der Waals surface area contributed by atoms with E-state index in [-0.39, 0.29) is 13.4 Å². The summed E-state index contributed by atoms with van der Waals surface area (Å²) in [5.41, 5.74) is 0. The normalized spacial score (nSPS) is 8.85. The first-order valence-electron chi connectivity index (χ1n) is 3.10. The predicted molar refractivity (Wildman–Crippen MR) is 56.6 cm³/mol. The van der Waals surface area contributed by atoms with E-state index in [1.165, 1.54) is 25.6 Å². The van der Waals surface area contributed by atoms with Gasteiger partial charge in [-0.05, 0) is 15.9 Å². The molecule has 0 saturated carbocycles. The third-order valence-corrected chi connectivity index (χ3v) is 2.86. The molecular formula is C8H11BrO3S. The molecule has 0 aliphatic heterocycles. The van der Waals surface area contributed by atoms with Crippen LogP contribution in [0.15, 0.2) is 9.85 Å². The van der Waals surface area contributed by atoms with Crippen molar-refractivity contribution in [1.29, 1.82) is 0 Å². The number of halogens is 1. The van der Waals surface area contributed by atoms with Crippen LogP contribution in [0, 0.1) is 0 Å². The minimum atomic E-state index is -0.373. The Labute approximate surface area is 89.8 Å². The van der Waals surface area contributed by atoms with Crippen LogP contribution in [0.5, 0.6) is 5.75 Å². The van der Waals surface area contributed by atoms with Gasteiger partial charge >= 0.3 is 5.97 Å². The Balaban J connectivity index is 0.00000144. The molecular weight excluding hydrogens is 256 g/mol. The average molecular weight is 267 g/mol. The van der Waals surface area contributed by atoms with Crippen LogP contribution in [-0.2, 0) is 4.74 Å². The van der Waals surface area contributed by atoms with Crippen molar-refractivity contribution in [2.24, 2.45) is 0 Å². The first-order chi connectivity index (χ1) is 5.69. The molecule has 0 N–H and O–H groups in total. The van der Waals surface area contributed by atoms with Gasteiger partial charge in [0, 0.05) is 6.07 Å². The molecule has 0 fully saturated rings. The van der Waals surface area contributed by atoms with Gasteiger partial charge in [-0.25, -0.2) is 4.79 Å². The number of thiophene rings is 1. The lowest BCUT2D eigenvalue weighted by Gasteiger charge is -1.98. The monoisotopic (exact) mass is 266 g/mol. The van der Waals surface area contributed by atoms with Gasteiger partial charge in [0.2, 0.25) is 0 Å². The summed E-state index contributed by atoms with van der Waals surface area (Å²) in [6.07, 6.45) is 0. The van der Waals surface area contributed by atoms with Gasteiger partial charge in [-0.1, -0.05) is 7.43 Å². The summed E-state index contributed by atoms with van der Waals surface area (Å²) in [5.74, 6) is 0.168. The molecule has 0 aromatic carbocycles. The molecule has 0 unspecified atom stereocenters. The molecule has 0 amide bonds. The number of ether oxygens (including phenoxy) is 2. The highest BCUT2D eigenvalue weighted by Gasteiger charge is 2.16. The summed E-state index contributed by atoms with van der Waals surface area (Å²) in [4.78, 5) is 11.6. The third kappa shape index (κ3) is 2.70. The summed E-state index contributed by atoms with van der Waals surface area (Å²) in [6, 6.07) is 1.73. The topological polar surface area (TPSA) is 35.5 Å². The van der Waals surface area contributed by atoms with Crippen molar-refractivity contribution in [3.8, 4) is 5.75 Å². The number of carbonyl (C=O) groups is 1. The fraction of sp³-hybridized carbons (Fsp3) is 0.375. The van der Waals surface area contributed by atoms with Crippen molar-refractivity contribution in [2.45, 2.75) is 7.43 Å². The van der Waals surface area contributed by atoms with Crippen LogP contribution in [0.2, 0.25) is 0 Å². The molecule has 13 heavy (non-hydrogen) atoms. The lowest BCUT2D eigenvalue weighted by molar-refractivity contribution is 0.0603. The van der Waals surface area contributed by atoms with Crippen LogP contribution in [-0.4, -0.2) is 20.2 Å². The maximum atomic E-state index is 11.1. The van der Waals surface area contributed by atoms with Gasteiger partial charge in [-0.15, -0.1) is 11.3 Å². The fourth-order valence-corrected chi connectivity index (χ4v) is 2.20. The molecule has 1 heterocycles. The van der Waals surface area contributed by atoms with Crippen molar-refractivity contribution in [1.82, 2.24) is 0 Å². The molecule has 3 nitrogen and oxygen atoms in total. The molecule has 0 atom stereocenters. The van der Waals surface area contributed by atoms with Gasteiger partial charge in [-0.3, -0.25) is 0 Å². The van der Waals surface area contributed by atoms with Crippen LogP contribution >= 0.6 is 27.3 Å². The molecule has 1 rings (SSSR count). The van der Waals surface area contributed by atoms with E-state index in [1.54, 1.807) is 6.07 Å². The van der Waals surface area contributed by atoms with Gasteiger partial charge in [0.15, 0.2) is 4.88 Å². The fourth-order valence-electron chi connectivity index (χ4n) is 0.732. The van der Waals surface area contributed by atoms with Crippen molar-refractivity contribution < 1.29 is 14.3 Å². The Bertz CT molecular complexity index is 296. The minimum Gasteiger partial charge on any atom is -0.495 e. The Kier molecular flexibility index (Phi) is 5.02. The van der Waals surface area contributed by atoms with Gasteiger partial charge in [0.05, 0.1) is 18.0 Å². The number of methoxy groups -OCH3 is 2. The summed E-state index contributed by atoms with van der Waals surface area (Å²) in [5, 5.41) is 0. The van der Waals surface area contributed by atoms with Crippen molar-refractivity contribution in [3.63, 3.8) is 0 Å². The maximum absolute atomic E-state index is 11.1. The molecule has 74 valence electrons. The van der Waals surface area contributed by atoms with E-state index in [0.717, 1.165) is 3.79 Å². The van der Waals surface area contributed by atoms with Crippen molar-refractivity contribution in [2.75, 3.05) is 14.2 Å². The zero-order valence-corrected chi connectivity index (χ0v) is 8.99. The zero-order chi connectivity index (χ0) is 9.14. The van der Waals surface area contributed by atoms with E-state index >= 15 is 0 Å². The van der Waals surface area contributed by atoms with E-state index in [2.05, 4.69) is 20.7 Å². The molecule has 0 saturated heterocycles. The second-order valence-corrected chi connectivity index (χ2v) is 4.37. The van der Waals surface area contributed by atoms with Crippen LogP contribution in [0.3, 0.4) is 0 Å². The average Bonchev–Trinajstić information content (AvgIpc) is 2.45. The maximum Gasteiger partial charge on any atom is 0.351 e. The number of carbonyl (C=O) groups excluding carboxylic acids is 1. The smallest absolute Gasteiger partial charge is 0.351 e.